The first kappa shape index (κ1) is 29.1. The van der Waals surface area contributed by atoms with Crippen molar-refractivity contribution in [2.45, 2.75) is 57.1 Å². The Morgan fingerprint density at radius 2 is 1.61 bits per heavy atom. The monoisotopic (exact) mass is 539 g/mol. The van der Waals surface area contributed by atoms with Crippen LogP contribution < -0.4 is 10.1 Å². The van der Waals surface area contributed by atoms with Crippen LogP contribution in [0.15, 0.2) is 71.6 Å². The lowest BCUT2D eigenvalue weighted by Crippen LogP contribution is -2.53. The molecule has 3 aromatic carbocycles. The summed E-state index contributed by atoms with van der Waals surface area (Å²) in [6.45, 7) is 5.46. The standard InChI is InChI=1S/C29H37N3O5S/c1-6-21(3)30-29(34)27(7-2)32(19-22-12-15-25(37-5)16-13-22)28(33)20-31(4)38(35,36)26-17-14-23-10-8-9-11-24(23)18-26/h8-18,21,27H,6-7,19-20H2,1-5H3,(H,30,34)/t21-,27+/m0/s1. The largest absolute Gasteiger partial charge is 0.497 e. The molecular weight excluding hydrogens is 502 g/mol. The second-order valence-corrected chi connectivity index (χ2v) is 11.4. The summed E-state index contributed by atoms with van der Waals surface area (Å²) in [5.41, 5.74) is 0.800. The molecule has 9 heteroatoms. The average Bonchev–Trinajstić information content (AvgIpc) is 2.92. The molecule has 0 fully saturated rings. The zero-order valence-corrected chi connectivity index (χ0v) is 23.5. The van der Waals surface area contributed by atoms with Gasteiger partial charge in [0.1, 0.15) is 11.8 Å². The quantitative estimate of drug-likeness (QED) is 0.372. The van der Waals surface area contributed by atoms with Gasteiger partial charge in [0, 0.05) is 19.6 Å². The van der Waals surface area contributed by atoms with Crippen LogP contribution in [0.2, 0.25) is 0 Å². The van der Waals surface area contributed by atoms with Gasteiger partial charge in [0.25, 0.3) is 0 Å². The molecule has 204 valence electrons. The molecule has 38 heavy (non-hydrogen) atoms. The highest BCUT2D eigenvalue weighted by molar-refractivity contribution is 7.89. The molecule has 2 amide bonds. The fourth-order valence-corrected chi connectivity index (χ4v) is 5.32. The zero-order chi connectivity index (χ0) is 27.9. The van der Waals surface area contributed by atoms with E-state index in [1.807, 2.05) is 57.2 Å². The van der Waals surface area contributed by atoms with Gasteiger partial charge in [-0.2, -0.15) is 4.31 Å². The van der Waals surface area contributed by atoms with Gasteiger partial charge < -0.3 is 15.0 Å². The number of carbonyl (C=O) groups is 2. The number of rotatable bonds is 12. The molecule has 0 aliphatic carbocycles. The van der Waals surface area contributed by atoms with E-state index in [0.29, 0.717) is 12.2 Å². The maximum atomic E-state index is 13.6. The maximum absolute atomic E-state index is 13.6. The number of carbonyl (C=O) groups excluding carboxylic acids is 2. The molecule has 0 saturated carbocycles. The molecule has 0 aliphatic heterocycles. The minimum Gasteiger partial charge on any atom is -0.497 e. The summed E-state index contributed by atoms with van der Waals surface area (Å²) in [7, 11) is -0.992. The van der Waals surface area contributed by atoms with E-state index in [-0.39, 0.29) is 23.4 Å². The minimum atomic E-state index is -3.95. The summed E-state index contributed by atoms with van der Waals surface area (Å²) >= 11 is 0. The lowest BCUT2D eigenvalue weighted by Gasteiger charge is -2.32. The predicted molar refractivity (Wildman–Crippen MR) is 149 cm³/mol. The van der Waals surface area contributed by atoms with Crippen LogP contribution in [0.3, 0.4) is 0 Å². The van der Waals surface area contributed by atoms with E-state index in [9.17, 15) is 18.0 Å². The van der Waals surface area contributed by atoms with Crippen LogP contribution in [0.5, 0.6) is 5.75 Å². The Morgan fingerprint density at radius 1 is 0.947 bits per heavy atom. The molecule has 0 aromatic heterocycles. The number of nitrogens with zero attached hydrogens (tertiary/aromatic N) is 2. The number of fused-ring (bicyclic) bond motifs is 1. The Balaban J connectivity index is 1.88. The first-order valence-electron chi connectivity index (χ1n) is 12.8. The second-order valence-electron chi connectivity index (χ2n) is 9.38. The van der Waals surface area contributed by atoms with E-state index in [1.165, 1.54) is 11.9 Å². The number of hydrogen-bond donors (Lipinski definition) is 1. The predicted octanol–water partition coefficient (Wildman–Crippen LogP) is 4.19. The Morgan fingerprint density at radius 3 is 2.21 bits per heavy atom. The van der Waals surface area contributed by atoms with Crippen molar-refractivity contribution in [1.29, 1.82) is 0 Å². The number of hydrogen-bond acceptors (Lipinski definition) is 5. The number of sulfonamides is 1. The van der Waals surface area contributed by atoms with E-state index in [2.05, 4.69) is 5.32 Å². The lowest BCUT2D eigenvalue weighted by atomic mass is 10.1. The summed E-state index contributed by atoms with van der Waals surface area (Å²) < 4.78 is 33.0. The molecule has 1 N–H and O–H groups in total. The average molecular weight is 540 g/mol. The summed E-state index contributed by atoms with van der Waals surface area (Å²) in [6.07, 6.45) is 1.13. The molecule has 3 rings (SSSR count). The fourth-order valence-electron chi connectivity index (χ4n) is 4.16. The number of likely N-dealkylation sites (N-methyl/N-ethyl adjacent to an activating group) is 1. The molecule has 0 unspecified atom stereocenters. The molecule has 0 aliphatic rings. The van der Waals surface area contributed by atoms with Crippen molar-refractivity contribution in [2.24, 2.45) is 0 Å². The SMILES string of the molecule is CC[C@H](C(=O)N[C@@H](C)CC)N(Cc1ccc(OC)cc1)C(=O)CN(C)S(=O)(=O)c1ccc2ccccc2c1. The van der Waals surface area contributed by atoms with E-state index in [1.54, 1.807) is 37.4 Å². The van der Waals surface area contributed by atoms with E-state index < -0.39 is 28.5 Å². The van der Waals surface area contributed by atoms with Gasteiger partial charge in [0.2, 0.25) is 21.8 Å². The number of nitrogens with one attached hydrogen (secondary N) is 1. The van der Waals surface area contributed by atoms with Gasteiger partial charge >= 0.3 is 0 Å². The van der Waals surface area contributed by atoms with Crippen LogP contribution in [0.4, 0.5) is 0 Å². The van der Waals surface area contributed by atoms with E-state index in [0.717, 1.165) is 27.1 Å². The zero-order valence-electron chi connectivity index (χ0n) is 22.7. The van der Waals surface area contributed by atoms with Gasteiger partial charge in [0.05, 0.1) is 18.6 Å². The third-order valence-corrected chi connectivity index (χ3v) is 8.49. The van der Waals surface area contributed by atoms with Crippen LogP contribution in [-0.2, 0) is 26.2 Å². The summed E-state index contributed by atoms with van der Waals surface area (Å²) in [5, 5.41) is 4.68. The van der Waals surface area contributed by atoms with Gasteiger partial charge in [-0.25, -0.2) is 8.42 Å². The number of amides is 2. The normalized spacial score (nSPS) is 13.2. The molecular formula is C29H37N3O5S. The minimum absolute atomic E-state index is 0.0505. The van der Waals surface area contributed by atoms with E-state index in [4.69, 9.17) is 4.74 Å². The highest BCUT2D eigenvalue weighted by Gasteiger charge is 2.32. The van der Waals surface area contributed by atoms with E-state index >= 15 is 0 Å². The summed E-state index contributed by atoms with van der Waals surface area (Å²) in [5.74, 6) is -0.0445. The molecule has 0 radical (unpaired) electrons. The lowest BCUT2D eigenvalue weighted by molar-refractivity contribution is -0.141. The van der Waals surface area contributed by atoms with Crippen LogP contribution in [0.25, 0.3) is 10.8 Å². The van der Waals surface area contributed by atoms with Crippen molar-refractivity contribution in [2.75, 3.05) is 20.7 Å². The second kappa shape index (κ2) is 12.9. The molecule has 2 atom stereocenters. The van der Waals surface area contributed by atoms with Crippen molar-refractivity contribution in [3.05, 3.63) is 72.3 Å². The maximum Gasteiger partial charge on any atom is 0.243 e. The Bertz CT molecular complexity index is 1360. The smallest absolute Gasteiger partial charge is 0.243 e. The molecule has 8 nitrogen and oxygen atoms in total. The van der Waals surface area contributed by atoms with Crippen molar-refractivity contribution >= 4 is 32.6 Å². The van der Waals surface area contributed by atoms with Gasteiger partial charge in [-0.05, 0) is 60.4 Å². The van der Waals surface area contributed by atoms with Crippen molar-refractivity contribution in [1.82, 2.24) is 14.5 Å². The van der Waals surface area contributed by atoms with Crippen molar-refractivity contribution < 1.29 is 22.7 Å². The molecule has 0 saturated heterocycles. The molecule has 0 bridgehead atoms. The fraction of sp³-hybridized carbons (Fsp3) is 0.379. The molecule has 3 aromatic rings. The topological polar surface area (TPSA) is 96.0 Å². The van der Waals surface area contributed by atoms with Crippen LogP contribution in [0, 0.1) is 0 Å². The van der Waals surface area contributed by atoms with Gasteiger partial charge in [-0.3, -0.25) is 9.59 Å². The summed E-state index contributed by atoms with van der Waals surface area (Å²) in [4.78, 5) is 28.4. The van der Waals surface area contributed by atoms with Gasteiger partial charge in [0.15, 0.2) is 0 Å². The van der Waals surface area contributed by atoms with Crippen molar-refractivity contribution in [3.8, 4) is 5.75 Å². The van der Waals surface area contributed by atoms with Crippen LogP contribution in [-0.4, -0.2) is 62.2 Å². The summed E-state index contributed by atoms with van der Waals surface area (Å²) in [6, 6.07) is 18.8. The van der Waals surface area contributed by atoms with Crippen LogP contribution >= 0.6 is 0 Å². The number of methoxy groups -OCH3 is 1. The molecule has 0 spiro atoms. The van der Waals surface area contributed by atoms with Gasteiger partial charge in [-0.1, -0.05) is 56.3 Å². The number of ether oxygens (including phenoxy) is 1. The Kier molecular flexibility index (Phi) is 9.88. The highest BCUT2D eigenvalue weighted by Crippen LogP contribution is 2.22. The highest BCUT2D eigenvalue weighted by atomic mass is 32.2. The first-order chi connectivity index (χ1) is 18.1. The number of benzene rings is 3. The van der Waals surface area contributed by atoms with Crippen molar-refractivity contribution in [3.63, 3.8) is 0 Å². The van der Waals surface area contributed by atoms with Crippen LogP contribution in [0.1, 0.15) is 39.2 Å². The Hall–Kier alpha value is -3.43. The Labute approximate surface area is 225 Å². The third kappa shape index (κ3) is 6.90. The third-order valence-electron chi connectivity index (χ3n) is 6.69. The first-order valence-corrected chi connectivity index (χ1v) is 14.2. The molecule has 0 heterocycles. The van der Waals surface area contributed by atoms with Gasteiger partial charge in [-0.15, -0.1) is 0 Å².